The number of furan rings is 1. The quantitative estimate of drug-likeness (QED) is 0.578. The Kier molecular flexibility index (Phi) is 4.08. The highest BCUT2D eigenvalue weighted by molar-refractivity contribution is 7.93. The Labute approximate surface area is 183 Å². The van der Waals surface area contributed by atoms with E-state index in [-0.39, 0.29) is 39.4 Å². The van der Waals surface area contributed by atoms with E-state index < -0.39 is 9.73 Å². The summed E-state index contributed by atoms with van der Waals surface area (Å²) >= 11 is 5.97. The molecule has 0 aliphatic heterocycles. The van der Waals surface area contributed by atoms with Crippen LogP contribution in [0.5, 0.6) is 0 Å². The molecule has 3 saturated carbocycles. The van der Waals surface area contributed by atoms with Gasteiger partial charge in [0.25, 0.3) is 5.91 Å². The summed E-state index contributed by atoms with van der Waals surface area (Å²) in [7, 11) is -2.93. The van der Waals surface area contributed by atoms with Gasteiger partial charge in [-0.05, 0) is 62.1 Å². The van der Waals surface area contributed by atoms with Gasteiger partial charge in [-0.1, -0.05) is 11.6 Å². The minimum absolute atomic E-state index is 0.0925. The Bertz CT molecular complexity index is 1300. The lowest BCUT2D eigenvalue weighted by molar-refractivity contribution is -0.0257. The van der Waals surface area contributed by atoms with Crippen LogP contribution in [-0.2, 0) is 9.73 Å². The molecule has 162 valence electrons. The van der Waals surface area contributed by atoms with E-state index in [2.05, 4.69) is 15.3 Å². The number of nitrogens with zero attached hydrogens (tertiary/aromatic N) is 2. The third kappa shape index (κ3) is 3.25. The maximum atomic E-state index is 12.5. The molecule has 0 aromatic carbocycles. The van der Waals surface area contributed by atoms with Gasteiger partial charge < -0.3 is 14.2 Å². The molecule has 0 saturated heterocycles. The van der Waals surface area contributed by atoms with Gasteiger partial charge in [-0.2, -0.15) is 0 Å². The maximum absolute atomic E-state index is 12.5. The lowest BCUT2D eigenvalue weighted by atomic mass is 9.50. The second-order valence-electron chi connectivity index (χ2n) is 9.13. The van der Waals surface area contributed by atoms with Crippen molar-refractivity contribution in [1.29, 1.82) is 4.78 Å². The first-order chi connectivity index (χ1) is 14.8. The van der Waals surface area contributed by atoms with Crippen molar-refractivity contribution >= 4 is 38.5 Å². The molecule has 2 N–H and O–H groups in total. The van der Waals surface area contributed by atoms with Crippen LogP contribution in [0.25, 0.3) is 11.2 Å². The van der Waals surface area contributed by atoms with Crippen LogP contribution in [0.4, 0.5) is 0 Å². The molecule has 0 bridgehead atoms. The lowest BCUT2D eigenvalue weighted by Gasteiger charge is -2.57. The Hall–Kier alpha value is -2.39. The van der Waals surface area contributed by atoms with Gasteiger partial charge in [-0.3, -0.25) is 4.79 Å². The summed E-state index contributed by atoms with van der Waals surface area (Å²) in [6.07, 6.45) is 6.89. The summed E-state index contributed by atoms with van der Waals surface area (Å²) in [5.74, 6) is 0.793. The third-order valence-electron chi connectivity index (χ3n) is 6.73. The monoisotopic (exact) mass is 460 g/mol. The van der Waals surface area contributed by atoms with Crippen LogP contribution < -0.4 is 5.32 Å². The zero-order chi connectivity index (χ0) is 21.4. The fourth-order valence-corrected chi connectivity index (χ4v) is 6.76. The highest BCUT2D eigenvalue weighted by Crippen LogP contribution is 2.61. The van der Waals surface area contributed by atoms with Crippen LogP contribution in [0.2, 0.25) is 5.02 Å². The fourth-order valence-electron chi connectivity index (χ4n) is 5.00. The number of rotatable bonds is 5. The molecule has 3 aliphatic rings. The third-order valence-corrected chi connectivity index (χ3v) is 9.16. The van der Waals surface area contributed by atoms with Crippen molar-refractivity contribution in [3.05, 3.63) is 41.1 Å². The van der Waals surface area contributed by atoms with Gasteiger partial charge in [-0.15, -0.1) is 0 Å². The molecule has 31 heavy (non-hydrogen) atoms. The second kappa shape index (κ2) is 6.56. The average molecular weight is 461 g/mol. The van der Waals surface area contributed by atoms with Crippen molar-refractivity contribution in [2.75, 3.05) is 0 Å². The molecule has 3 heterocycles. The van der Waals surface area contributed by atoms with Crippen molar-refractivity contribution in [1.82, 2.24) is 15.3 Å². The highest BCUT2D eigenvalue weighted by atomic mass is 35.5. The van der Waals surface area contributed by atoms with Crippen LogP contribution >= 0.6 is 11.6 Å². The number of amides is 1. The summed E-state index contributed by atoms with van der Waals surface area (Å²) in [5, 5.41) is 3.51. The highest BCUT2D eigenvalue weighted by Gasteiger charge is 2.54. The standard InChI is InChI=1S/C21H21ClN4O4S/c22-12-5-15-20(24-10-12)30-19(26-15)11-6-21(7-11)8-13(9-21)25-18(27)16-3-4-17(29-16)31(23,28)14-1-2-14/h3-5,10-11,13-14,23H,1-2,6-9H2,(H,25,27)/t11?,13?,21?,31-/m1/s1. The molecule has 1 spiro atoms. The number of nitrogens with one attached hydrogen (secondary N) is 2. The first-order valence-electron chi connectivity index (χ1n) is 10.4. The minimum Gasteiger partial charge on any atom is -0.441 e. The van der Waals surface area contributed by atoms with Crippen molar-refractivity contribution in [2.45, 2.75) is 60.8 Å². The second-order valence-corrected chi connectivity index (χ2v) is 11.8. The molecular formula is C21H21ClN4O4S. The largest absolute Gasteiger partial charge is 0.441 e. The van der Waals surface area contributed by atoms with Crippen molar-refractivity contribution in [2.24, 2.45) is 5.41 Å². The van der Waals surface area contributed by atoms with Gasteiger partial charge in [-0.25, -0.2) is 19.0 Å². The number of carbonyl (C=O) groups excluding carboxylic acids is 1. The Balaban J connectivity index is 1.04. The maximum Gasteiger partial charge on any atom is 0.287 e. The van der Waals surface area contributed by atoms with E-state index in [9.17, 15) is 9.00 Å². The van der Waals surface area contributed by atoms with Crippen molar-refractivity contribution < 1.29 is 17.8 Å². The number of oxazole rings is 1. The topological polar surface area (TPSA) is 122 Å². The van der Waals surface area contributed by atoms with Crippen LogP contribution in [0.15, 0.2) is 38.3 Å². The van der Waals surface area contributed by atoms with Crippen LogP contribution in [-0.4, -0.2) is 31.4 Å². The molecule has 3 aromatic heterocycles. The molecule has 1 atom stereocenters. The first kappa shape index (κ1) is 19.3. The molecule has 8 nitrogen and oxygen atoms in total. The molecule has 3 aromatic rings. The van der Waals surface area contributed by atoms with E-state index in [1.807, 2.05) is 0 Å². The zero-order valence-electron chi connectivity index (χ0n) is 16.6. The molecule has 1 amide bonds. The Morgan fingerprint density at radius 3 is 2.74 bits per heavy atom. The Morgan fingerprint density at radius 1 is 1.23 bits per heavy atom. The fraction of sp³-hybridized carbons (Fsp3) is 0.476. The van der Waals surface area contributed by atoms with E-state index in [1.54, 1.807) is 12.3 Å². The number of halogens is 1. The summed E-state index contributed by atoms with van der Waals surface area (Å²) in [4.78, 5) is 21.2. The van der Waals surface area contributed by atoms with E-state index in [0.717, 1.165) is 38.5 Å². The summed E-state index contributed by atoms with van der Waals surface area (Å²) in [5.41, 5.74) is 1.41. The molecule has 0 radical (unpaired) electrons. The Morgan fingerprint density at radius 2 is 2.00 bits per heavy atom. The molecule has 3 fully saturated rings. The van der Waals surface area contributed by atoms with E-state index in [1.165, 1.54) is 12.1 Å². The zero-order valence-corrected chi connectivity index (χ0v) is 18.2. The summed E-state index contributed by atoms with van der Waals surface area (Å²) < 4.78 is 31.7. The van der Waals surface area contributed by atoms with E-state index in [4.69, 9.17) is 25.2 Å². The van der Waals surface area contributed by atoms with Gasteiger partial charge in [0, 0.05) is 18.2 Å². The number of hydrogen-bond donors (Lipinski definition) is 2. The van der Waals surface area contributed by atoms with Gasteiger partial charge >= 0.3 is 0 Å². The first-order valence-corrected chi connectivity index (χ1v) is 12.4. The molecule has 6 rings (SSSR count). The summed E-state index contributed by atoms with van der Waals surface area (Å²) in [6, 6.07) is 4.87. The predicted molar refractivity (Wildman–Crippen MR) is 113 cm³/mol. The van der Waals surface area contributed by atoms with Gasteiger partial charge in [0.05, 0.1) is 10.3 Å². The van der Waals surface area contributed by atoms with E-state index in [0.29, 0.717) is 22.1 Å². The molecular weight excluding hydrogens is 440 g/mol. The van der Waals surface area contributed by atoms with Gasteiger partial charge in [0.1, 0.15) is 15.2 Å². The van der Waals surface area contributed by atoms with Gasteiger partial charge in [0.2, 0.25) is 11.6 Å². The van der Waals surface area contributed by atoms with E-state index >= 15 is 0 Å². The molecule has 10 heteroatoms. The SMILES string of the molecule is N=[S@](=O)(c1ccc(C(=O)NC2CC3(C2)CC(c2nc4cc(Cl)cnc4o2)C3)o1)C1CC1. The molecule has 3 aliphatic carbocycles. The minimum atomic E-state index is -2.93. The van der Waals surface area contributed by atoms with Crippen LogP contribution in [0.3, 0.4) is 0 Å². The summed E-state index contributed by atoms with van der Waals surface area (Å²) in [6.45, 7) is 0. The number of fused-ring (bicyclic) bond motifs is 1. The number of carbonyl (C=O) groups is 1. The predicted octanol–water partition coefficient (Wildman–Crippen LogP) is 4.49. The number of aromatic nitrogens is 2. The van der Waals surface area contributed by atoms with Crippen LogP contribution in [0.1, 0.15) is 60.9 Å². The average Bonchev–Trinajstić information content (AvgIpc) is 3.27. The normalized spacial score (nSPS) is 29.3. The number of hydrogen-bond acceptors (Lipinski definition) is 7. The number of pyridine rings is 1. The molecule has 0 unspecified atom stereocenters. The van der Waals surface area contributed by atoms with Crippen LogP contribution in [0, 0.1) is 10.2 Å². The van der Waals surface area contributed by atoms with Gasteiger partial charge in [0.15, 0.2) is 10.9 Å². The smallest absolute Gasteiger partial charge is 0.287 e. The van der Waals surface area contributed by atoms with Crippen molar-refractivity contribution in [3.8, 4) is 0 Å². The van der Waals surface area contributed by atoms with Crippen molar-refractivity contribution in [3.63, 3.8) is 0 Å². The lowest BCUT2D eigenvalue weighted by Crippen LogP contribution is -2.55.